The average Bonchev–Trinajstić information content (AvgIpc) is 2.61. The summed E-state index contributed by atoms with van der Waals surface area (Å²) in [4.78, 5) is 2.04. The fourth-order valence-corrected chi connectivity index (χ4v) is 2.75. The normalized spacial score (nSPS) is 10.4. The molecule has 5 nitrogen and oxygen atoms in total. The van der Waals surface area contributed by atoms with E-state index in [0.29, 0.717) is 12.2 Å². The summed E-state index contributed by atoms with van der Waals surface area (Å²) in [5.74, 6) is 0.825. The van der Waals surface area contributed by atoms with Gasteiger partial charge in [-0.15, -0.1) is 10.2 Å². The molecule has 3 aromatic rings. The molecule has 0 aliphatic heterocycles. The number of rotatable bonds is 4. The maximum absolute atomic E-state index is 9.43. The Bertz CT molecular complexity index is 913. The Morgan fingerprint density at radius 2 is 1.88 bits per heavy atom. The number of aryl methyl sites for hydroxylation is 1. The van der Waals surface area contributed by atoms with E-state index >= 15 is 0 Å². The first-order chi connectivity index (χ1) is 11.6. The molecule has 3 rings (SSSR count). The van der Waals surface area contributed by atoms with Crippen LogP contribution in [0.3, 0.4) is 0 Å². The largest absolute Gasteiger partial charge is 0.497 e. The summed E-state index contributed by atoms with van der Waals surface area (Å²) in [6.45, 7) is 2.69. The summed E-state index contributed by atoms with van der Waals surface area (Å²) < 4.78 is 5.19. The molecule has 0 fully saturated rings. The average molecular weight is 318 g/mol. The minimum Gasteiger partial charge on any atom is -0.497 e. The van der Waals surface area contributed by atoms with Gasteiger partial charge in [0, 0.05) is 19.0 Å². The predicted molar refractivity (Wildman–Crippen MR) is 94.1 cm³/mol. The Hall–Kier alpha value is -3.13. The Morgan fingerprint density at radius 1 is 1.12 bits per heavy atom. The highest BCUT2D eigenvalue weighted by Crippen LogP contribution is 2.29. The van der Waals surface area contributed by atoms with Crippen LogP contribution in [-0.2, 0) is 6.54 Å². The van der Waals surface area contributed by atoms with Gasteiger partial charge in [0.15, 0.2) is 5.69 Å². The van der Waals surface area contributed by atoms with Gasteiger partial charge in [0.05, 0.1) is 18.3 Å². The number of methoxy groups -OCH3 is 1. The molecule has 120 valence electrons. The number of ether oxygens (including phenoxy) is 1. The number of aromatic nitrogens is 2. The van der Waals surface area contributed by atoms with Crippen molar-refractivity contribution in [1.82, 2.24) is 10.2 Å². The first-order valence-corrected chi connectivity index (χ1v) is 7.63. The molecule has 0 N–H and O–H groups in total. The first-order valence-electron chi connectivity index (χ1n) is 7.63. The molecule has 1 aromatic heterocycles. The second kappa shape index (κ2) is 6.55. The van der Waals surface area contributed by atoms with Crippen molar-refractivity contribution in [3.63, 3.8) is 0 Å². The standard InChI is InChI=1S/C19H18N4O/c1-13-4-9-17-16(10-13)19(18(11-20)22-21-17)23(2)12-14-5-7-15(24-3)8-6-14/h4-10H,12H2,1-3H3. The van der Waals surface area contributed by atoms with Gasteiger partial charge >= 0.3 is 0 Å². The lowest BCUT2D eigenvalue weighted by atomic mass is 10.1. The van der Waals surface area contributed by atoms with E-state index in [9.17, 15) is 5.26 Å². The van der Waals surface area contributed by atoms with Gasteiger partial charge in [0.25, 0.3) is 0 Å². The van der Waals surface area contributed by atoms with Crippen molar-refractivity contribution in [2.45, 2.75) is 13.5 Å². The van der Waals surface area contributed by atoms with Crippen LogP contribution >= 0.6 is 0 Å². The van der Waals surface area contributed by atoms with Crippen LogP contribution in [0.2, 0.25) is 0 Å². The van der Waals surface area contributed by atoms with Crippen molar-refractivity contribution in [2.75, 3.05) is 19.1 Å². The molecule has 0 unspecified atom stereocenters. The summed E-state index contributed by atoms with van der Waals surface area (Å²) in [6, 6.07) is 16.0. The molecule has 5 heteroatoms. The molecular formula is C19H18N4O. The Balaban J connectivity index is 2.02. The number of nitrogens with zero attached hydrogens (tertiary/aromatic N) is 4. The van der Waals surface area contributed by atoms with Crippen molar-refractivity contribution >= 4 is 16.6 Å². The summed E-state index contributed by atoms with van der Waals surface area (Å²) >= 11 is 0. The molecule has 0 saturated carbocycles. The summed E-state index contributed by atoms with van der Waals surface area (Å²) in [5.41, 5.74) is 4.18. The molecule has 0 bridgehead atoms. The minimum atomic E-state index is 0.337. The summed E-state index contributed by atoms with van der Waals surface area (Å²) in [6.07, 6.45) is 0. The Morgan fingerprint density at radius 3 is 2.54 bits per heavy atom. The molecule has 2 aromatic carbocycles. The van der Waals surface area contributed by atoms with E-state index in [1.807, 2.05) is 61.3 Å². The van der Waals surface area contributed by atoms with Crippen LogP contribution in [0.15, 0.2) is 42.5 Å². The molecular weight excluding hydrogens is 300 g/mol. The lowest BCUT2D eigenvalue weighted by Crippen LogP contribution is -2.19. The van der Waals surface area contributed by atoms with Crippen molar-refractivity contribution in [3.8, 4) is 11.8 Å². The predicted octanol–water partition coefficient (Wildman–Crippen LogP) is 3.45. The van der Waals surface area contributed by atoms with Gasteiger partial charge in [-0.05, 0) is 36.8 Å². The maximum Gasteiger partial charge on any atom is 0.187 e. The number of benzene rings is 2. The van der Waals surface area contributed by atoms with Crippen LogP contribution < -0.4 is 9.64 Å². The third-order valence-electron chi connectivity index (χ3n) is 3.96. The number of fused-ring (bicyclic) bond motifs is 1. The van der Waals surface area contributed by atoms with E-state index in [1.54, 1.807) is 7.11 Å². The molecule has 0 atom stereocenters. The van der Waals surface area contributed by atoms with Crippen molar-refractivity contribution in [3.05, 3.63) is 59.3 Å². The topological polar surface area (TPSA) is 62.0 Å². The third kappa shape index (κ3) is 2.99. The molecule has 0 saturated heterocycles. The quantitative estimate of drug-likeness (QED) is 0.737. The summed E-state index contributed by atoms with van der Waals surface area (Å²) in [7, 11) is 3.61. The highest BCUT2D eigenvalue weighted by molar-refractivity contribution is 5.93. The third-order valence-corrected chi connectivity index (χ3v) is 3.96. The van der Waals surface area contributed by atoms with E-state index in [1.165, 1.54) is 0 Å². The number of hydrogen-bond donors (Lipinski definition) is 0. The number of nitriles is 1. The van der Waals surface area contributed by atoms with Gasteiger partial charge in [-0.25, -0.2) is 0 Å². The van der Waals surface area contributed by atoms with Gasteiger partial charge in [-0.3, -0.25) is 0 Å². The monoisotopic (exact) mass is 318 g/mol. The fourth-order valence-electron chi connectivity index (χ4n) is 2.75. The van der Waals surface area contributed by atoms with E-state index in [-0.39, 0.29) is 0 Å². The number of anilines is 1. The molecule has 0 aliphatic rings. The maximum atomic E-state index is 9.43. The molecule has 24 heavy (non-hydrogen) atoms. The summed E-state index contributed by atoms with van der Waals surface area (Å²) in [5, 5.41) is 18.6. The van der Waals surface area contributed by atoms with Gasteiger partial charge in [-0.1, -0.05) is 23.8 Å². The van der Waals surface area contributed by atoms with Crippen molar-refractivity contribution < 1.29 is 4.74 Å². The van der Waals surface area contributed by atoms with Gasteiger partial charge in [-0.2, -0.15) is 5.26 Å². The highest BCUT2D eigenvalue weighted by atomic mass is 16.5. The second-order valence-corrected chi connectivity index (χ2v) is 5.73. The number of hydrogen-bond acceptors (Lipinski definition) is 5. The molecule has 1 heterocycles. The molecule has 0 spiro atoms. The van der Waals surface area contributed by atoms with E-state index in [4.69, 9.17) is 4.74 Å². The second-order valence-electron chi connectivity index (χ2n) is 5.73. The van der Waals surface area contributed by atoms with Gasteiger partial charge in [0.1, 0.15) is 11.8 Å². The van der Waals surface area contributed by atoms with Crippen LogP contribution in [0.4, 0.5) is 5.69 Å². The van der Waals surface area contributed by atoms with Crippen LogP contribution in [-0.4, -0.2) is 24.4 Å². The smallest absolute Gasteiger partial charge is 0.187 e. The van der Waals surface area contributed by atoms with Crippen LogP contribution in [0.1, 0.15) is 16.8 Å². The van der Waals surface area contributed by atoms with Crippen LogP contribution in [0.5, 0.6) is 5.75 Å². The molecule has 0 aliphatic carbocycles. The lowest BCUT2D eigenvalue weighted by molar-refractivity contribution is 0.414. The zero-order valence-electron chi connectivity index (χ0n) is 13.9. The van der Waals surface area contributed by atoms with E-state index in [0.717, 1.165) is 33.5 Å². The van der Waals surface area contributed by atoms with Gasteiger partial charge in [0.2, 0.25) is 0 Å². The van der Waals surface area contributed by atoms with Gasteiger partial charge < -0.3 is 9.64 Å². The lowest BCUT2D eigenvalue weighted by Gasteiger charge is -2.22. The van der Waals surface area contributed by atoms with Crippen LogP contribution in [0.25, 0.3) is 10.9 Å². The van der Waals surface area contributed by atoms with Crippen molar-refractivity contribution in [1.29, 1.82) is 5.26 Å². The van der Waals surface area contributed by atoms with E-state index < -0.39 is 0 Å². The van der Waals surface area contributed by atoms with E-state index in [2.05, 4.69) is 16.3 Å². The Labute approximate surface area is 141 Å². The molecule has 0 radical (unpaired) electrons. The minimum absolute atomic E-state index is 0.337. The van der Waals surface area contributed by atoms with Crippen molar-refractivity contribution in [2.24, 2.45) is 0 Å². The first kappa shape index (κ1) is 15.8. The fraction of sp³-hybridized carbons (Fsp3) is 0.211. The zero-order valence-corrected chi connectivity index (χ0v) is 13.9. The Kier molecular flexibility index (Phi) is 4.30. The zero-order chi connectivity index (χ0) is 17.1. The van der Waals surface area contributed by atoms with Crippen LogP contribution in [0, 0.1) is 18.3 Å². The highest BCUT2D eigenvalue weighted by Gasteiger charge is 2.15. The SMILES string of the molecule is COc1ccc(CN(C)c2c(C#N)nnc3ccc(C)cc23)cc1. The molecule has 0 amide bonds.